The van der Waals surface area contributed by atoms with Crippen LogP contribution in [-0.2, 0) is 6.42 Å². The highest BCUT2D eigenvalue weighted by atomic mass is 79.9. The molecule has 0 N–H and O–H groups in total. The first-order valence-electron chi connectivity index (χ1n) is 5.94. The van der Waals surface area contributed by atoms with Gasteiger partial charge in [0.25, 0.3) is 0 Å². The molecule has 0 atom stereocenters. The minimum atomic E-state index is 1.04. The molecule has 1 aromatic heterocycles. The van der Waals surface area contributed by atoms with Crippen LogP contribution < -0.4 is 0 Å². The van der Waals surface area contributed by atoms with Gasteiger partial charge in [-0.3, -0.25) is 0 Å². The van der Waals surface area contributed by atoms with Gasteiger partial charge in [-0.15, -0.1) is 11.3 Å². The smallest absolute Gasteiger partial charge is 0.0273 e. The second-order valence-electron chi connectivity index (χ2n) is 4.52. The van der Waals surface area contributed by atoms with E-state index in [1.165, 1.54) is 26.5 Å². The molecule has 0 saturated heterocycles. The van der Waals surface area contributed by atoms with E-state index in [9.17, 15) is 0 Å². The molecule has 0 fully saturated rings. The number of hydrogen-bond acceptors (Lipinski definition) is 1. The van der Waals surface area contributed by atoms with Gasteiger partial charge in [0.15, 0.2) is 0 Å². The molecule has 18 heavy (non-hydrogen) atoms. The molecule has 2 heteroatoms. The summed E-state index contributed by atoms with van der Waals surface area (Å²) in [7, 11) is 0. The van der Waals surface area contributed by atoms with Crippen LogP contribution in [-0.4, -0.2) is 0 Å². The Morgan fingerprint density at radius 2 is 2.06 bits per heavy atom. The average Bonchev–Trinajstić information content (AvgIpc) is 2.92. The van der Waals surface area contributed by atoms with Crippen molar-refractivity contribution in [1.82, 2.24) is 0 Å². The molecular weight excluding hydrogens is 304 g/mol. The molecule has 1 aliphatic rings. The first-order chi connectivity index (χ1) is 8.70. The quantitative estimate of drug-likeness (QED) is 0.689. The maximum absolute atomic E-state index is 3.52. The number of allylic oxidation sites excluding steroid dienone is 2. The number of fused-ring (bicyclic) bond motifs is 1. The Kier molecular flexibility index (Phi) is 3.23. The van der Waals surface area contributed by atoms with Gasteiger partial charge in [-0.05, 0) is 60.4 Å². The Labute approximate surface area is 120 Å². The molecule has 0 radical (unpaired) electrons. The summed E-state index contributed by atoms with van der Waals surface area (Å²) in [5.74, 6) is 0. The lowest BCUT2D eigenvalue weighted by Crippen LogP contribution is -1.82. The normalized spacial score (nSPS) is 14.0. The Bertz CT molecular complexity index is 647. The Balaban J connectivity index is 1.79. The Morgan fingerprint density at radius 3 is 2.83 bits per heavy atom. The summed E-state index contributed by atoms with van der Waals surface area (Å²) in [6, 6.07) is 10.8. The first kappa shape index (κ1) is 11.9. The monoisotopic (exact) mass is 316 g/mol. The predicted molar refractivity (Wildman–Crippen MR) is 83.9 cm³/mol. The van der Waals surface area contributed by atoms with Gasteiger partial charge in [0, 0.05) is 14.2 Å². The lowest BCUT2D eigenvalue weighted by atomic mass is 10.1. The molecule has 0 spiro atoms. The molecule has 0 bridgehead atoms. The van der Waals surface area contributed by atoms with Crippen LogP contribution in [0.15, 0.2) is 46.5 Å². The van der Waals surface area contributed by atoms with Crippen LogP contribution in [0.1, 0.15) is 20.9 Å². The maximum Gasteiger partial charge on any atom is 0.0273 e. The maximum atomic E-state index is 3.52. The summed E-state index contributed by atoms with van der Waals surface area (Å²) < 4.78 is 1.16. The van der Waals surface area contributed by atoms with Crippen molar-refractivity contribution in [3.8, 4) is 0 Å². The largest absolute Gasteiger partial charge is 0.141 e. The zero-order valence-electron chi connectivity index (χ0n) is 10.1. The van der Waals surface area contributed by atoms with Gasteiger partial charge in [-0.1, -0.05) is 34.1 Å². The summed E-state index contributed by atoms with van der Waals surface area (Å²) in [6.07, 6.45) is 7.76. The van der Waals surface area contributed by atoms with Crippen molar-refractivity contribution in [3.05, 3.63) is 67.3 Å². The summed E-state index contributed by atoms with van der Waals surface area (Å²) in [6.45, 7) is 2.14. The fourth-order valence-electron chi connectivity index (χ4n) is 2.18. The van der Waals surface area contributed by atoms with E-state index in [0.717, 1.165) is 10.9 Å². The first-order valence-corrected chi connectivity index (χ1v) is 7.55. The van der Waals surface area contributed by atoms with E-state index in [4.69, 9.17) is 0 Å². The van der Waals surface area contributed by atoms with Gasteiger partial charge < -0.3 is 0 Å². The number of benzene rings is 1. The fourth-order valence-corrected chi connectivity index (χ4v) is 3.37. The Hall–Kier alpha value is -1.12. The highest BCUT2D eigenvalue weighted by Crippen LogP contribution is 2.29. The Morgan fingerprint density at radius 1 is 1.17 bits per heavy atom. The van der Waals surface area contributed by atoms with Crippen LogP contribution in [0.2, 0.25) is 0 Å². The van der Waals surface area contributed by atoms with Crippen molar-refractivity contribution in [1.29, 1.82) is 0 Å². The van der Waals surface area contributed by atoms with Crippen molar-refractivity contribution in [2.45, 2.75) is 13.3 Å². The van der Waals surface area contributed by atoms with Crippen LogP contribution in [0.4, 0.5) is 0 Å². The molecule has 0 aliphatic heterocycles. The molecule has 1 aromatic carbocycles. The topological polar surface area (TPSA) is 0 Å². The average molecular weight is 317 g/mol. The number of hydrogen-bond donors (Lipinski definition) is 0. The van der Waals surface area contributed by atoms with Crippen molar-refractivity contribution < 1.29 is 0 Å². The van der Waals surface area contributed by atoms with E-state index in [1.807, 2.05) is 11.3 Å². The minimum absolute atomic E-state index is 1.04. The highest BCUT2D eigenvalue weighted by Gasteiger charge is 2.10. The van der Waals surface area contributed by atoms with Gasteiger partial charge in [0.1, 0.15) is 0 Å². The lowest BCUT2D eigenvalue weighted by molar-refractivity contribution is 1.24. The number of aryl methyl sites for hydroxylation is 1. The molecule has 1 heterocycles. The van der Waals surface area contributed by atoms with Crippen molar-refractivity contribution >= 4 is 39.4 Å². The summed E-state index contributed by atoms with van der Waals surface area (Å²) in [4.78, 5) is 2.69. The molecule has 3 rings (SSSR count). The van der Waals surface area contributed by atoms with Gasteiger partial charge in [-0.25, -0.2) is 0 Å². The van der Waals surface area contributed by atoms with Crippen molar-refractivity contribution in [2.75, 3.05) is 0 Å². The summed E-state index contributed by atoms with van der Waals surface area (Å²) >= 11 is 5.36. The van der Waals surface area contributed by atoms with E-state index in [0.29, 0.717) is 0 Å². The summed E-state index contributed by atoms with van der Waals surface area (Å²) in [5.41, 5.74) is 4.14. The number of halogens is 1. The fraction of sp³-hybridized carbons (Fsp3) is 0.125. The van der Waals surface area contributed by atoms with Gasteiger partial charge >= 0.3 is 0 Å². The molecule has 0 unspecified atom stereocenters. The third kappa shape index (κ3) is 2.50. The van der Waals surface area contributed by atoms with E-state index in [1.54, 1.807) is 0 Å². The summed E-state index contributed by atoms with van der Waals surface area (Å²) in [5, 5.41) is 0. The van der Waals surface area contributed by atoms with E-state index >= 15 is 0 Å². The number of thiophene rings is 1. The van der Waals surface area contributed by atoms with Gasteiger partial charge in [0.05, 0.1) is 0 Å². The second kappa shape index (κ2) is 4.87. The van der Waals surface area contributed by atoms with Crippen LogP contribution in [0.25, 0.3) is 12.2 Å². The molecule has 0 amide bonds. The molecular formula is C16H13BrS. The lowest BCUT2D eigenvalue weighted by Gasteiger charge is -1.98. The van der Waals surface area contributed by atoms with Crippen LogP contribution in [0, 0.1) is 6.92 Å². The standard InChI is InChI=1S/C16H13BrS/c1-11-2-6-16(18-11)7-3-12-8-13-4-5-15(17)10-14(13)9-12/h2-8,10H,9H2,1H3/b7-3+. The van der Waals surface area contributed by atoms with Crippen molar-refractivity contribution in [3.63, 3.8) is 0 Å². The molecule has 1 aliphatic carbocycles. The van der Waals surface area contributed by atoms with E-state index < -0.39 is 0 Å². The van der Waals surface area contributed by atoms with Gasteiger partial charge in [0.2, 0.25) is 0 Å². The van der Waals surface area contributed by atoms with Crippen LogP contribution in [0.5, 0.6) is 0 Å². The minimum Gasteiger partial charge on any atom is -0.141 e. The van der Waals surface area contributed by atoms with E-state index in [2.05, 4.69) is 71.4 Å². The zero-order chi connectivity index (χ0) is 12.5. The highest BCUT2D eigenvalue weighted by molar-refractivity contribution is 9.10. The number of rotatable bonds is 2. The SMILES string of the molecule is Cc1ccc(/C=C/C2=Cc3ccc(Br)cc3C2)s1. The van der Waals surface area contributed by atoms with Gasteiger partial charge in [-0.2, -0.15) is 0 Å². The zero-order valence-corrected chi connectivity index (χ0v) is 12.5. The second-order valence-corrected chi connectivity index (χ2v) is 6.76. The van der Waals surface area contributed by atoms with Crippen molar-refractivity contribution in [2.24, 2.45) is 0 Å². The molecule has 2 aromatic rings. The third-order valence-corrected chi connectivity index (χ3v) is 4.52. The molecule has 90 valence electrons. The van der Waals surface area contributed by atoms with Crippen LogP contribution in [0.3, 0.4) is 0 Å². The predicted octanol–water partition coefficient (Wildman–Crippen LogP) is 5.47. The molecule has 0 saturated carbocycles. The van der Waals surface area contributed by atoms with Crippen LogP contribution >= 0.6 is 27.3 Å². The third-order valence-electron chi connectivity index (χ3n) is 3.06. The molecule has 0 nitrogen and oxygen atoms in total. The van der Waals surface area contributed by atoms with E-state index in [-0.39, 0.29) is 0 Å².